The van der Waals surface area contributed by atoms with Crippen molar-refractivity contribution in [3.05, 3.63) is 74.3 Å². The van der Waals surface area contributed by atoms with Crippen molar-refractivity contribution >= 4 is 27.3 Å². The summed E-state index contributed by atoms with van der Waals surface area (Å²) >= 11 is 0. The van der Waals surface area contributed by atoms with Gasteiger partial charge >= 0.3 is 0 Å². The zero-order valence-corrected chi connectivity index (χ0v) is 15.8. The van der Waals surface area contributed by atoms with Crippen molar-refractivity contribution < 1.29 is 28.3 Å². The first-order valence-electron chi connectivity index (χ1n) is 8.02. The molecule has 0 aromatic heterocycles. The quantitative estimate of drug-likeness (QED) is 0.365. The number of hydrogen-bond donors (Lipinski definition) is 2. The van der Waals surface area contributed by atoms with Gasteiger partial charge in [0, 0.05) is 24.2 Å². The molecule has 0 radical (unpaired) electrons. The Bertz CT molecular complexity index is 1060. The maximum Gasteiger partial charge on any atom is 0.289 e. The number of benzene rings is 2. The van der Waals surface area contributed by atoms with Gasteiger partial charge in [0.15, 0.2) is 4.90 Å². The van der Waals surface area contributed by atoms with Crippen LogP contribution in [0.25, 0.3) is 0 Å². The van der Waals surface area contributed by atoms with Gasteiger partial charge in [-0.15, -0.1) is 0 Å². The molecule has 0 aliphatic heterocycles. The molecule has 2 aromatic rings. The van der Waals surface area contributed by atoms with Crippen LogP contribution in [0.4, 0.5) is 11.4 Å². The molecular formula is C16H16N4O8S. The molecular weight excluding hydrogens is 408 g/mol. The predicted molar refractivity (Wildman–Crippen MR) is 98.3 cm³/mol. The summed E-state index contributed by atoms with van der Waals surface area (Å²) in [7, 11) is -4.67. The maximum atomic E-state index is 13.2. The monoisotopic (exact) mass is 424 g/mol. The van der Waals surface area contributed by atoms with Gasteiger partial charge in [-0.3, -0.25) is 30.2 Å². The number of sulfonamides is 1. The summed E-state index contributed by atoms with van der Waals surface area (Å²) in [6.07, 6.45) is 0. The first-order valence-corrected chi connectivity index (χ1v) is 9.46. The summed E-state index contributed by atoms with van der Waals surface area (Å²) < 4.78 is 26.9. The first-order chi connectivity index (χ1) is 13.6. The van der Waals surface area contributed by atoms with Gasteiger partial charge in [-0.05, 0) is 13.0 Å². The van der Waals surface area contributed by atoms with E-state index in [4.69, 9.17) is 5.21 Å². The minimum Gasteiger partial charge on any atom is -0.289 e. The Morgan fingerprint density at radius 3 is 2.14 bits per heavy atom. The molecule has 2 N–H and O–H groups in total. The SMILES string of the molecule is C[C@@H](C(=O)NO)N(Cc1ccccc1[N+](=O)[O-])S(=O)(=O)c1ccccc1[N+](=O)[O-]. The van der Waals surface area contributed by atoms with E-state index in [2.05, 4.69) is 0 Å². The highest BCUT2D eigenvalue weighted by Crippen LogP contribution is 2.30. The number of para-hydroxylation sites is 2. The predicted octanol–water partition coefficient (Wildman–Crippen LogP) is 1.59. The van der Waals surface area contributed by atoms with Gasteiger partial charge in [-0.1, -0.05) is 30.3 Å². The fraction of sp³-hybridized carbons (Fsp3) is 0.188. The van der Waals surface area contributed by atoms with E-state index in [9.17, 15) is 33.4 Å². The van der Waals surface area contributed by atoms with Gasteiger partial charge < -0.3 is 0 Å². The molecule has 12 nitrogen and oxygen atoms in total. The lowest BCUT2D eigenvalue weighted by Crippen LogP contribution is -2.46. The van der Waals surface area contributed by atoms with E-state index in [1.54, 1.807) is 0 Å². The Balaban J connectivity index is 2.65. The number of carbonyl (C=O) groups is 1. The Morgan fingerprint density at radius 1 is 1.07 bits per heavy atom. The number of nitrogens with zero attached hydrogens (tertiary/aromatic N) is 3. The topological polar surface area (TPSA) is 173 Å². The Morgan fingerprint density at radius 2 is 1.59 bits per heavy atom. The molecule has 0 bridgehead atoms. The molecule has 1 amide bonds. The molecule has 2 aromatic carbocycles. The lowest BCUT2D eigenvalue weighted by molar-refractivity contribution is -0.387. The first kappa shape index (κ1) is 21.9. The Hall–Kier alpha value is -3.42. The van der Waals surface area contributed by atoms with Gasteiger partial charge in [-0.25, -0.2) is 13.9 Å². The highest BCUT2D eigenvalue weighted by molar-refractivity contribution is 7.89. The van der Waals surface area contributed by atoms with Crippen molar-refractivity contribution in [2.75, 3.05) is 0 Å². The van der Waals surface area contributed by atoms with Crippen molar-refractivity contribution in [1.29, 1.82) is 0 Å². The average molecular weight is 424 g/mol. The van der Waals surface area contributed by atoms with Gasteiger partial charge in [0.2, 0.25) is 0 Å². The van der Waals surface area contributed by atoms with E-state index in [-0.39, 0.29) is 5.56 Å². The number of nitrogens with one attached hydrogen (secondary N) is 1. The normalized spacial score (nSPS) is 12.4. The number of nitro benzene ring substituents is 2. The fourth-order valence-electron chi connectivity index (χ4n) is 2.60. The molecule has 2 rings (SSSR count). The zero-order chi connectivity index (χ0) is 21.8. The van der Waals surface area contributed by atoms with Crippen LogP contribution < -0.4 is 5.48 Å². The molecule has 0 saturated carbocycles. The van der Waals surface area contributed by atoms with Crippen LogP contribution in [0, 0.1) is 20.2 Å². The van der Waals surface area contributed by atoms with Crippen LogP contribution in [0.3, 0.4) is 0 Å². The van der Waals surface area contributed by atoms with Gasteiger partial charge in [0.25, 0.3) is 27.3 Å². The zero-order valence-electron chi connectivity index (χ0n) is 15.0. The molecule has 0 spiro atoms. The maximum absolute atomic E-state index is 13.2. The highest BCUT2D eigenvalue weighted by atomic mass is 32.2. The molecule has 1 atom stereocenters. The smallest absolute Gasteiger partial charge is 0.289 e. The number of hydroxylamine groups is 1. The second kappa shape index (κ2) is 8.72. The van der Waals surface area contributed by atoms with Crippen molar-refractivity contribution in [2.45, 2.75) is 24.4 Å². The van der Waals surface area contributed by atoms with Crippen molar-refractivity contribution in [2.24, 2.45) is 0 Å². The summed E-state index contributed by atoms with van der Waals surface area (Å²) in [5, 5.41) is 31.4. The second-order valence-corrected chi connectivity index (χ2v) is 7.67. The summed E-state index contributed by atoms with van der Waals surface area (Å²) in [6, 6.07) is 8.24. The average Bonchev–Trinajstić information content (AvgIpc) is 2.70. The molecule has 0 heterocycles. The van der Waals surface area contributed by atoms with Crippen LogP contribution in [-0.4, -0.2) is 39.7 Å². The minimum atomic E-state index is -4.67. The fourth-order valence-corrected chi connectivity index (χ4v) is 4.33. The second-order valence-electron chi connectivity index (χ2n) is 5.81. The van der Waals surface area contributed by atoms with E-state index < -0.39 is 54.6 Å². The summed E-state index contributed by atoms with van der Waals surface area (Å²) in [5.74, 6) is -1.12. The minimum absolute atomic E-state index is 0.0442. The summed E-state index contributed by atoms with van der Waals surface area (Å²) in [4.78, 5) is 32.1. The third kappa shape index (κ3) is 4.53. The molecule has 29 heavy (non-hydrogen) atoms. The van der Waals surface area contributed by atoms with Crippen LogP contribution in [0.2, 0.25) is 0 Å². The lowest BCUT2D eigenvalue weighted by atomic mass is 10.1. The third-order valence-corrected chi connectivity index (χ3v) is 6.05. The molecule has 0 fully saturated rings. The van der Waals surface area contributed by atoms with E-state index >= 15 is 0 Å². The summed E-state index contributed by atoms with van der Waals surface area (Å²) in [6.45, 7) is 0.493. The number of carbonyl (C=O) groups excluding carboxylic acids is 1. The van der Waals surface area contributed by atoms with Crippen LogP contribution in [-0.2, 0) is 21.4 Å². The molecule has 0 aliphatic rings. The molecule has 13 heteroatoms. The van der Waals surface area contributed by atoms with E-state index in [0.717, 1.165) is 25.1 Å². The van der Waals surface area contributed by atoms with Crippen molar-refractivity contribution in [1.82, 2.24) is 9.79 Å². The van der Waals surface area contributed by atoms with Crippen LogP contribution >= 0.6 is 0 Å². The van der Waals surface area contributed by atoms with Gasteiger partial charge in [0.1, 0.15) is 6.04 Å². The van der Waals surface area contributed by atoms with Gasteiger partial charge in [-0.2, -0.15) is 4.31 Å². The standard InChI is InChI=1S/C16H16N4O8S/c1-11(16(21)17-22)18(10-12-6-2-3-7-13(12)19(23)24)29(27,28)15-9-5-4-8-14(15)20(25)26/h2-9,11,22H,10H2,1H3,(H,17,21)/t11-/m0/s1. The Labute approximate surface area is 164 Å². The van der Waals surface area contributed by atoms with Crippen LogP contribution in [0.15, 0.2) is 53.4 Å². The van der Waals surface area contributed by atoms with E-state index in [1.807, 2.05) is 0 Å². The number of hydrogen-bond acceptors (Lipinski definition) is 8. The molecule has 0 unspecified atom stereocenters. The molecule has 0 aliphatic carbocycles. The number of rotatable bonds is 8. The van der Waals surface area contributed by atoms with Gasteiger partial charge in [0.05, 0.1) is 9.85 Å². The number of nitro groups is 2. The highest BCUT2D eigenvalue weighted by Gasteiger charge is 2.38. The van der Waals surface area contributed by atoms with Crippen LogP contribution in [0.5, 0.6) is 0 Å². The van der Waals surface area contributed by atoms with E-state index in [0.29, 0.717) is 4.31 Å². The molecule has 0 saturated heterocycles. The van der Waals surface area contributed by atoms with Crippen molar-refractivity contribution in [3.8, 4) is 0 Å². The van der Waals surface area contributed by atoms with E-state index in [1.165, 1.54) is 35.8 Å². The van der Waals surface area contributed by atoms with Crippen LogP contribution in [0.1, 0.15) is 12.5 Å². The largest absolute Gasteiger partial charge is 0.289 e. The van der Waals surface area contributed by atoms with Crippen molar-refractivity contribution in [3.63, 3.8) is 0 Å². The third-order valence-electron chi connectivity index (χ3n) is 4.08. The summed E-state index contributed by atoms with van der Waals surface area (Å²) in [5.41, 5.74) is 0.151. The Kier molecular flexibility index (Phi) is 6.58. The molecule has 154 valence electrons. The lowest BCUT2D eigenvalue weighted by Gasteiger charge is -2.26. The number of amides is 1.